The Morgan fingerprint density at radius 1 is 1.32 bits per heavy atom. The fraction of sp³-hybridized carbons (Fsp3) is 0.200. The largest absolute Gasteiger partial charge is 0.467 e. The van der Waals surface area contributed by atoms with Crippen molar-refractivity contribution in [2.24, 2.45) is 0 Å². The molecule has 4 rings (SSSR count). The lowest BCUT2D eigenvalue weighted by Crippen LogP contribution is -2.17. The van der Waals surface area contributed by atoms with Gasteiger partial charge in [-0.3, -0.25) is 9.59 Å². The standard InChI is InChI=1S/C20H14BrClO6/c1-10(22)20(24)27-14-2-3-15-16(7-14)28-17(18(15)23)6-11-4-13(21)5-12-8-25-9-26-19(11)12/h2-7,10H,8-9H2,1H3/b17-6-. The summed E-state index contributed by atoms with van der Waals surface area (Å²) in [6, 6.07) is 8.32. The fourth-order valence-corrected chi connectivity index (χ4v) is 3.45. The minimum absolute atomic E-state index is 0.146. The molecule has 0 amide bonds. The number of halogens is 2. The first-order chi connectivity index (χ1) is 13.4. The predicted molar refractivity (Wildman–Crippen MR) is 105 cm³/mol. The zero-order valence-electron chi connectivity index (χ0n) is 14.7. The highest BCUT2D eigenvalue weighted by molar-refractivity contribution is 9.10. The highest BCUT2D eigenvalue weighted by Gasteiger charge is 2.29. The number of hydrogen-bond acceptors (Lipinski definition) is 6. The minimum atomic E-state index is -0.780. The summed E-state index contributed by atoms with van der Waals surface area (Å²) < 4.78 is 22.6. The average Bonchev–Trinajstić information content (AvgIpc) is 2.96. The van der Waals surface area contributed by atoms with Gasteiger partial charge in [0.2, 0.25) is 5.78 Å². The summed E-state index contributed by atoms with van der Waals surface area (Å²) in [6.07, 6.45) is 1.63. The lowest BCUT2D eigenvalue weighted by Gasteiger charge is -2.20. The van der Waals surface area contributed by atoms with Crippen molar-refractivity contribution in [3.8, 4) is 17.2 Å². The van der Waals surface area contributed by atoms with Gasteiger partial charge in [-0.25, -0.2) is 0 Å². The molecule has 0 saturated heterocycles. The number of carbonyl (C=O) groups excluding carboxylic acids is 2. The lowest BCUT2D eigenvalue weighted by atomic mass is 10.1. The molecule has 28 heavy (non-hydrogen) atoms. The summed E-state index contributed by atoms with van der Waals surface area (Å²) in [4.78, 5) is 24.3. The van der Waals surface area contributed by atoms with Crippen molar-refractivity contribution in [1.82, 2.24) is 0 Å². The van der Waals surface area contributed by atoms with Crippen LogP contribution in [0.25, 0.3) is 6.08 Å². The van der Waals surface area contributed by atoms with Gasteiger partial charge in [0.1, 0.15) is 22.6 Å². The molecular weight excluding hydrogens is 452 g/mol. The third kappa shape index (κ3) is 3.65. The summed E-state index contributed by atoms with van der Waals surface area (Å²) in [6.45, 7) is 2.09. The minimum Gasteiger partial charge on any atom is -0.467 e. The number of esters is 1. The van der Waals surface area contributed by atoms with Crippen LogP contribution in [-0.2, 0) is 16.1 Å². The van der Waals surface area contributed by atoms with Crippen molar-refractivity contribution in [1.29, 1.82) is 0 Å². The first kappa shape index (κ1) is 19.0. The van der Waals surface area contributed by atoms with E-state index in [1.54, 1.807) is 12.1 Å². The third-order valence-corrected chi connectivity index (χ3v) is 4.81. The van der Waals surface area contributed by atoms with Gasteiger partial charge in [-0.2, -0.15) is 0 Å². The number of allylic oxidation sites excluding steroid dienone is 1. The van der Waals surface area contributed by atoms with Gasteiger partial charge in [0.15, 0.2) is 12.6 Å². The molecule has 0 bridgehead atoms. The molecule has 0 spiro atoms. The van der Waals surface area contributed by atoms with E-state index in [2.05, 4.69) is 15.9 Å². The second-order valence-corrected chi connectivity index (χ2v) is 7.80. The molecule has 1 atom stereocenters. The molecule has 0 fully saturated rings. The molecule has 0 aromatic heterocycles. The summed E-state index contributed by atoms with van der Waals surface area (Å²) in [7, 11) is 0. The highest BCUT2D eigenvalue weighted by atomic mass is 79.9. The molecule has 8 heteroatoms. The number of rotatable bonds is 3. The number of fused-ring (bicyclic) bond motifs is 2. The molecule has 0 aliphatic carbocycles. The first-order valence-electron chi connectivity index (χ1n) is 8.39. The van der Waals surface area contributed by atoms with Crippen molar-refractivity contribution in [2.75, 3.05) is 6.79 Å². The van der Waals surface area contributed by atoms with Crippen molar-refractivity contribution in [2.45, 2.75) is 18.9 Å². The lowest BCUT2D eigenvalue weighted by molar-refractivity contribution is -0.133. The van der Waals surface area contributed by atoms with Gasteiger partial charge >= 0.3 is 5.97 Å². The number of carbonyl (C=O) groups is 2. The van der Waals surface area contributed by atoms with E-state index >= 15 is 0 Å². The Bertz CT molecular complexity index is 1010. The summed E-state index contributed by atoms with van der Waals surface area (Å²) >= 11 is 9.16. The number of alkyl halides is 1. The van der Waals surface area contributed by atoms with Gasteiger partial charge in [-0.05, 0) is 37.3 Å². The van der Waals surface area contributed by atoms with E-state index in [4.69, 9.17) is 30.5 Å². The van der Waals surface area contributed by atoms with Crippen LogP contribution < -0.4 is 14.2 Å². The van der Waals surface area contributed by atoms with Gasteiger partial charge in [-0.15, -0.1) is 11.6 Å². The Morgan fingerprint density at radius 2 is 2.14 bits per heavy atom. The molecule has 144 valence electrons. The quantitative estimate of drug-likeness (QED) is 0.288. The SMILES string of the molecule is CC(Cl)C(=O)Oc1ccc2c(c1)O/C(=C\c1cc(Br)cc3c1OCOC3)C2=O. The molecule has 2 aromatic carbocycles. The molecule has 0 saturated carbocycles. The van der Waals surface area contributed by atoms with E-state index in [-0.39, 0.29) is 24.1 Å². The van der Waals surface area contributed by atoms with E-state index in [1.165, 1.54) is 19.1 Å². The van der Waals surface area contributed by atoms with Crippen LogP contribution in [0.4, 0.5) is 0 Å². The van der Waals surface area contributed by atoms with Crippen LogP contribution in [0.15, 0.2) is 40.6 Å². The molecule has 2 aliphatic heterocycles. The van der Waals surface area contributed by atoms with Gasteiger partial charge in [0, 0.05) is 21.7 Å². The summed E-state index contributed by atoms with van der Waals surface area (Å²) in [5, 5.41) is -0.780. The molecular formula is C20H14BrClO6. The molecule has 0 radical (unpaired) electrons. The van der Waals surface area contributed by atoms with Crippen LogP contribution in [-0.4, -0.2) is 23.9 Å². The molecule has 0 N–H and O–H groups in total. The van der Waals surface area contributed by atoms with Crippen LogP contribution in [0.3, 0.4) is 0 Å². The maximum Gasteiger partial charge on any atom is 0.329 e. The van der Waals surface area contributed by atoms with Gasteiger partial charge in [0.05, 0.1) is 12.2 Å². The number of ether oxygens (including phenoxy) is 4. The molecule has 2 heterocycles. The zero-order chi connectivity index (χ0) is 19.8. The number of ketones is 1. The number of hydrogen-bond donors (Lipinski definition) is 0. The van der Waals surface area contributed by atoms with E-state index < -0.39 is 11.3 Å². The van der Waals surface area contributed by atoms with Gasteiger partial charge in [-0.1, -0.05) is 15.9 Å². The second-order valence-electron chi connectivity index (χ2n) is 6.23. The Morgan fingerprint density at radius 3 is 2.93 bits per heavy atom. The van der Waals surface area contributed by atoms with Crippen LogP contribution >= 0.6 is 27.5 Å². The summed E-state index contributed by atoms with van der Waals surface area (Å²) in [5.74, 6) is 0.531. The monoisotopic (exact) mass is 464 g/mol. The van der Waals surface area contributed by atoms with Crippen molar-refractivity contribution in [3.63, 3.8) is 0 Å². The van der Waals surface area contributed by atoms with E-state index in [1.807, 2.05) is 12.1 Å². The summed E-state index contributed by atoms with van der Waals surface area (Å²) in [5.41, 5.74) is 1.96. The van der Waals surface area contributed by atoms with E-state index in [0.29, 0.717) is 29.2 Å². The van der Waals surface area contributed by atoms with Crippen LogP contribution in [0.2, 0.25) is 0 Å². The highest BCUT2D eigenvalue weighted by Crippen LogP contribution is 2.38. The number of Topliss-reactive ketones (excluding diaryl/α,β-unsaturated/α-hetero) is 1. The normalized spacial score (nSPS) is 17.4. The number of benzene rings is 2. The topological polar surface area (TPSA) is 71.1 Å². The fourth-order valence-electron chi connectivity index (χ4n) is 2.89. The maximum atomic E-state index is 12.7. The third-order valence-electron chi connectivity index (χ3n) is 4.17. The Kier molecular flexibility index (Phi) is 5.14. The van der Waals surface area contributed by atoms with E-state index in [0.717, 1.165) is 10.0 Å². The van der Waals surface area contributed by atoms with Gasteiger partial charge in [0.25, 0.3) is 0 Å². The first-order valence-corrected chi connectivity index (χ1v) is 9.62. The smallest absolute Gasteiger partial charge is 0.329 e. The van der Waals surface area contributed by atoms with Gasteiger partial charge < -0.3 is 18.9 Å². The van der Waals surface area contributed by atoms with E-state index in [9.17, 15) is 9.59 Å². The average molecular weight is 466 g/mol. The second kappa shape index (κ2) is 7.58. The van der Waals surface area contributed by atoms with Crippen LogP contribution in [0, 0.1) is 0 Å². The molecule has 1 unspecified atom stereocenters. The molecule has 6 nitrogen and oxygen atoms in total. The Hall–Kier alpha value is -2.35. The predicted octanol–water partition coefficient (Wildman–Crippen LogP) is 4.46. The Labute approximate surface area is 174 Å². The molecule has 2 aromatic rings. The van der Waals surface area contributed by atoms with Crippen molar-refractivity contribution in [3.05, 3.63) is 57.3 Å². The maximum absolute atomic E-state index is 12.7. The molecule has 2 aliphatic rings. The van der Waals surface area contributed by atoms with Crippen LogP contribution in [0.5, 0.6) is 17.2 Å². The van der Waals surface area contributed by atoms with Crippen LogP contribution in [0.1, 0.15) is 28.4 Å². The Balaban J connectivity index is 1.65. The van der Waals surface area contributed by atoms with Crippen molar-refractivity contribution >= 4 is 45.4 Å². The van der Waals surface area contributed by atoms with Crippen molar-refractivity contribution < 1.29 is 28.5 Å². The zero-order valence-corrected chi connectivity index (χ0v) is 17.0.